The summed E-state index contributed by atoms with van der Waals surface area (Å²) >= 11 is 0. The average Bonchev–Trinajstić information content (AvgIpc) is 2.07. The molecule has 0 saturated carbocycles. The highest BCUT2D eigenvalue weighted by Crippen LogP contribution is 2.10. The van der Waals surface area contributed by atoms with E-state index in [-0.39, 0.29) is 11.5 Å². The number of carbonyl (C=O) groups excluding carboxylic acids is 2. The maximum Gasteiger partial charge on any atom is 0.298 e. The van der Waals surface area contributed by atoms with Crippen molar-refractivity contribution in [2.75, 3.05) is 0 Å². The quantitative estimate of drug-likeness (QED) is 0.465. The number of ketones is 1. The molecule has 1 aliphatic heterocycles. The van der Waals surface area contributed by atoms with Crippen LogP contribution in [0.1, 0.15) is 0 Å². The van der Waals surface area contributed by atoms with E-state index >= 15 is 0 Å². The van der Waals surface area contributed by atoms with E-state index in [2.05, 4.69) is 16.2 Å². The first-order valence-electron chi connectivity index (χ1n) is 3.30. The molecule has 1 heterocycles. The summed E-state index contributed by atoms with van der Waals surface area (Å²) < 4.78 is 0. The molecule has 0 aromatic rings. The highest BCUT2D eigenvalue weighted by molar-refractivity contribution is 6.54. The van der Waals surface area contributed by atoms with Gasteiger partial charge >= 0.3 is 0 Å². The van der Waals surface area contributed by atoms with Crippen LogP contribution >= 0.6 is 0 Å². The van der Waals surface area contributed by atoms with Gasteiger partial charge in [0.05, 0.1) is 5.70 Å². The Morgan fingerprint density at radius 1 is 1.33 bits per heavy atom. The van der Waals surface area contributed by atoms with Crippen molar-refractivity contribution in [1.29, 1.82) is 0 Å². The lowest BCUT2D eigenvalue weighted by Gasteiger charge is -2.07. The second-order valence-corrected chi connectivity index (χ2v) is 2.26. The number of hydrogen-bond acceptors (Lipinski definition) is 3. The zero-order valence-electron chi connectivity index (χ0n) is 5.94. The second kappa shape index (κ2) is 2.34. The van der Waals surface area contributed by atoms with Crippen LogP contribution in [0.4, 0.5) is 0 Å². The van der Waals surface area contributed by atoms with Gasteiger partial charge in [-0.05, 0) is 12.2 Å². The van der Waals surface area contributed by atoms with Crippen molar-refractivity contribution in [2.45, 2.75) is 0 Å². The average molecular weight is 159 g/mol. The van der Waals surface area contributed by atoms with E-state index in [0.717, 1.165) is 0 Å². The summed E-state index contributed by atoms with van der Waals surface area (Å²) in [6, 6.07) is 0. The fourth-order valence-corrected chi connectivity index (χ4v) is 0.948. The predicted octanol–water partition coefficient (Wildman–Crippen LogP) is -0.0618. The molecule has 0 aromatic carbocycles. The number of nitrogens with zero attached hydrogens (tertiary/aromatic N) is 2. The van der Waals surface area contributed by atoms with Crippen LogP contribution in [0, 0.1) is 0 Å². The minimum Gasteiger partial charge on any atom is -0.287 e. The molecule has 4 nitrogen and oxygen atoms in total. The van der Waals surface area contributed by atoms with E-state index in [0.29, 0.717) is 5.70 Å². The first-order chi connectivity index (χ1) is 5.77. The maximum atomic E-state index is 11.1. The molecule has 0 atom stereocenters. The third-order valence-corrected chi connectivity index (χ3v) is 1.46. The van der Waals surface area contributed by atoms with Crippen LogP contribution in [0.5, 0.6) is 0 Å². The minimum absolute atomic E-state index is 0.112. The van der Waals surface area contributed by atoms with Gasteiger partial charge in [0.2, 0.25) is 5.78 Å². The van der Waals surface area contributed by atoms with E-state index in [1.807, 2.05) is 0 Å². The molecular formula is C8H3N2O2. The van der Waals surface area contributed by atoms with Crippen LogP contribution in [-0.4, -0.2) is 23.6 Å². The Bertz CT molecular complexity index is 386. The number of rotatable bonds is 0. The monoisotopic (exact) mass is 159 g/mol. The van der Waals surface area contributed by atoms with E-state index in [1.54, 1.807) is 12.2 Å². The molecule has 4 heteroatoms. The Labute approximate surface area is 68.0 Å². The largest absolute Gasteiger partial charge is 0.298 e. The van der Waals surface area contributed by atoms with Gasteiger partial charge < -0.3 is 0 Å². The molecule has 12 heavy (non-hydrogen) atoms. The molecule has 0 fully saturated rings. The lowest BCUT2D eigenvalue weighted by atomic mass is 10.1. The van der Waals surface area contributed by atoms with Gasteiger partial charge in [0.25, 0.3) is 5.91 Å². The molecule has 0 bridgehead atoms. The smallest absolute Gasteiger partial charge is 0.287 e. The van der Waals surface area contributed by atoms with Crippen molar-refractivity contribution >= 4 is 23.6 Å². The highest BCUT2D eigenvalue weighted by atomic mass is 16.2. The third kappa shape index (κ3) is 0.934. The fourth-order valence-electron chi connectivity index (χ4n) is 0.948. The van der Waals surface area contributed by atoms with Crippen molar-refractivity contribution in [1.82, 2.24) is 0 Å². The van der Waals surface area contributed by atoms with Gasteiger partial charge in [0.1, 0.15) is 5.71 Å². The summed E-state index contributed by atoms with van der Waals surface area (Å²) in [5.74, 6) is -0.892. The number of allylic oxidation sites excluding steroid dienone is 4. The Hall–Kier alpha value is -1.84. The normalized spacial score (nSPS) is 20.3. The summed E-state index contributed by atoms with van der Waals surface area (Å²) in [6.45, 7) is 0. The molecule has 0 unspecified atom stereocenters. The van der Waals surface area contributed by atoms with Crippen molar-refractivity contribution in [3.63, 3.8) is 0 Å². The van der Waals surface area contributed by atoms with Gasteiger partial charge in [-0.15, -0.1) is 0 Å². The van der Waals surface area contributed by atoms with Gasteiger partial charge in [0, 0.05) is 0 Å². The summed E-state index contributed by atoms with van der Waals surface area (Å²) in [6.07, 6.45) is 6.67. The Morgan fingerprint density at radius 3 is 3.00 bits per heavy atom. The van der Waals surface area contributed by atoms with E-state index in [9.17, 15) is 9.59 Å². The minimum atomic E-state index is -0.606. The van der Waals surface area contributed by atoms with Gasteiger partial charge in [-0.3, -0.25) is 9.59 Å². The van der Waals surface area contributed by atoms with E-state index in [1.165, 1.54) is 6.08 Å². The van der Waals surface area contributed by atoms with E-state index < -0.39 is 5.91 Å². The first kappa shape index (κ1) is 6.84. The molecule has 57 valence electrons. The maximum absolute atomic E-state index is 11.1. The van der Waals surface area contributed by atoms with Crippen molar-refractivity contribution in [3.8, 4) is 0 Å². The van der Waals surface area contributed by atoms with Gasteiger partial charge in [0.15, 0.2) is 6.21 Å². The standard InChI is InChI=1S/C8H3N2O2/c11-6-3-1-2-5-8(6)10-7(12)4-9-5/h1-3H. The molecular weight excluding hydrogens is 156 g/mol. The summed E-state index contributed by atoms with van der Waals surface area (Å²) in [5.41, 5.74) is 0.517. The highest BCUT2D eigenvalue weighted by Gasteiger charge is 2.20. The van der Waals surface area contributed by atoms with Crippen LogP contribution in [0.15, 0.2) is 33.9 Å². The molecule has 1 radical (unpaired) electrons. The number of carbonyl (C=O) groups is 2. The molecule has 2 aliphatic rings. The van der Waals surface area contributed by atoms with Crippen LogP contribution in [0.3, 0.4) is 0 Å². The lowest BCUT2D eigenvalue weighted by molar-refractivity contribution is -0.112. The molecule has 2 rings (SSSR count). The lowest BCUT2D eigenvalue weighted by Crippen LogP contribution is -2.21. The molecule has 1 aliphatic carbocycles. The van der Waals surface area contributed by atoms with Crippen LogP contribution in [0.25, 0.3) is 0 Å². The van der Waals surface area contributed by atoms with Gasteiger partial charge in [-0.25, -0.2) is 9.98 Å². The van der Waals surface area contributed by atoms with Gasteiger partial charge in [-0.2, -0.15) is 0 Å². The number of amides is 1. The zero-order valence-corrected chi connectivity index (χ0v) is 5.94. The number of hydrogen-bond donors (Lipinski definition) is 0. The van der Waals surface area contributed by atoms with Crippen molar-refractivity contribution in [2.24, 2.45) is 9.98 Å². The van der Waals surface area contributed by atoms with Crippen LogP contribution in [-0.2, 0) is 9.59 Å². The molecule has 0 aromatic heterocycles. The van der Waals surface area contributed by atoms with Crippen molar-refractivity contribution < 1.29 is 9.59 Å². The third-order valence-electron chi connectivity index (χ3n) is 1.46. The summed E-state index contributed by atoms with van der Waals surface area (Å²) in [5, 5.41) is 0. The summed E-state index contributed by atoms with van der Waals surface area (Å²) in [7, 11) is 0. The number of aliphatic imine (C=N–C) groups is 2. The first-order valence-corrected chi connectivity index (χ1v) is 3.30. The SMILES string of the molecule is O=C1[C]=NC2=CC=CC(=O)C2=N1. The molecule has 0 N–H and O–H groups in total. The van der Waals surface area contributed by atoms with Crippen LogP contribution < -0.4 is 0 Å². The predicted molar refractivity (Wildman–Crippen MR) is 42.1 cm³/mol. The Morgan fingerprint density at radius 2 is 2.17 bits per heavy atom. The van der Waals surface area contributed by atoms with Crippen LogP contribution in [0.2, 0.25) is 0 Å². The topological polar surface area (TPSA) is 58.9 Å². The zero-order chi connectivity index (χ0) is 8.55. The summed E-state index contributed by atoms with van der Waals surface area (Å²) in [4.78, 5) is 28.9. The van der Waals surface area contributed by atoms with Crippen molar-refractivity contribution in [3.05, 3.63) is 23.9 Å². The molecule has 0 saturated heterocycles. The van der Waals surface area contributed by atoms with E-state index in [4.69, 9.17) is 0 Å². The Kier molecular flexibility index (Phi) is 1.33. The molecule has 1 amide bonds. The molecule has 0 spiro atoms. The number of fused-ring (bicyclic) bond motifs is 1. The fraction of sp³-hybridized carbons (Fsp3) is 0. The Balaban J connectivity index is 2.53. The van der Waals surface area contributed by atoms with Gasteiger partial charge in [-0.1, -0.05) is 6.08 Å². The second-order valence-electron chi connectivity index (χ2n) is 2.26.